The minimum atomic E-state index is -0.781. The van der Waals surface area contributed by atoms with Gasteiger partial charge in [0.25, 0.3) is 0 Å². The van der Waals surface area contributed by atoms with Crippen molar-refractivity contribution in [3.05, 3.63) is 23.3 Å². The van der Waals surface area contributed by atoms with Gasteiger partial charge in [-0.05, 0) is 46.5 Å². The fourth-order valence-electron chi connectivity index (χ4n) is 3.91. The molecule has 6 nitrogen and oxygen atoms in total. The van der Waals surface area contributed by atoms with E-state index in [2.05, 4.69) is 6.92 Å². The summed E-state index contributed by atoms with van der Waals surface area (Å²) in [6.07, 6.45) is 10.4. The molecule has 0 aromatic rings. The Bertz CT molecular complexity index is 628. The molecule has 1 aliphatic rings. The van der Waals surface area contributed by atoms with E-state index in [4.69, 9.17) is 9.84 Å². The Morgan fingerprint density at radius 3 is 2.42 bits per heavy atom. The third-order valence-corrected chi connectivity index (χ3v) is 5.49. The first-order chi connectivity index (χ1) is 14.5. The Labute approximate surface area is 187 Å². The van der Waals surface area contributed by atoms with Crippen LogP contribution in [0.15, 0.2) is 23.3 Å². The number of aliphatic hydroxyl groups excluding tert-OH is 2. The summed E-state index contributed by atoms with van der Waals surface area (Å²) in [6.45, 7) is 7.59. The lowest BCUT2D eigenvalue weighted by atomic mass is 9.92. The molecule has 0 saturated heterocycles. The summed E-state index contributed by atoms with van der Waals surface area (Å²) in [7, 11) is 0. The summed E-state index contributed by atoms with van der Waals surface area (Å²) < 4.78 is 5.56. The summed E-state index contributed by atoms with van der Waals surface area (Å²) in [5, 5.41) is 29.6. The second kappa shape index (κ2) is 13.7. The van der Waals surface area contributed by atoms with Crippen LogP contribution in [0.4, 0.5) is 0 Å². The van der Waals surface area contributed by atoms with Gasteiger partial charge in [-0.1, -0.05) is 56.8 Å². The molecule has 0 spiro atoms. The van der Waals surface area contributed by atoms with Crippen LogP contribution in [0.2, 0.25) is 0 Å². The number of rotatable bonds is 14. The highest BCUT2D eigenvalue weighted by atomic mass is 16.6. The number of carboxylic acids is 1. The minimum absolute atomic E-state index is 0.172. The van der Waals surface area contributed by atoms with Gasteiger partial charge >= 0.3 is 11.9 Å². The first-order valence-electron chi connectivity index (χ1n) is 11.8. The molecule has 0 heterocycles. The molecule has 0 aromatic carbocycles. The van der Waals surface area contributed by atoms with Crippen molar-refractivity contribution < 1.29 is 29.6 Å². The van der Waals surface area contributed by atoms with Crippen molar-refractivity contribution in [2.75, 3.05) is 0 Å². The maximum atomic E-state index is 12.8. The van der Waals surface area contributed by atoms with Gasteiger partial charge in [0.2, 0.25) is 0 Å². The molecule has 6 heteroatoms. The van der Waals surface area contributed by atoms with Crippen LogP contribution in [-0.4, -0.2) is 45.1 Å². The molecule has 0 radical (unpaired) electrons. The van der Waals surface area contributed by atoms with Gasteiger partial charge in [0.15, 0.2) is 0 Å². The molecule has 31 heavy (non-hydrogen) atoms. The molecule has 0 bridgehead atoms. The smallest absolute Gasteiger partial charge is 0.334 e. The number of aliphatic hydroxyl groups is 2. The fourth-order valence-corrected chi connectivity index (χ4v) is 3.91. The van der Waals surface area contributed by atoms with Crippen LogP contribution >= 0.6 is 0 Å². The van der Waals surface area contributed by atoms with E-state index in [1.807, 2.05) is 26.8 Å². The third kappa shape index (κ3) is 11.0. The van der Waals surface area contributed by atoms with Gasteiger partial charge in [-0.2, -0.15) is 0 Å². The first kappa shape index (κ1) is 27.4. The summed E-state index contributed by atoms with van der Waals surface area (Å²) in [5.74, 6) is -1.47. The Hall–Kier alpha value is -1.66. The lowest BCUT2D eigenvalue weighted by molar-refractivity contribution is -0.150. The van der Waals surface area contributed by atoms with Crippen LogP contribution < -0.4 is 0 Å². The molecule has 0 aromatic heterocycles. The number of aliphatic carboxylic acids is 1. The van der Waals surface area contributed by atoms with Gasteiger partial charge < -0.3 is 20.1 Å². The average molecular weight is 439 g/mol. The Kier molecular flexibility index (Phi) is 12.1. The van der Waals surface area contributed by atoms with Crippen LogP contribution in [0.1, 0.15) is 98.3 Å². The Morgan fingerprint density at radius 2 is 1.81 bits per heavy atom. The Morgan fingerprint density at radius 1 is 1.13 bits per heavy atom. The lowest BCUT2D eigenvalue weighted by Gasteiger charge is -2.20. The van der Waals surface area contributed by atoms with Gasteiger partial charge in [0, 0.05) is 24.3 Å². The number of carboxylic acid groups (broad SMARTS) is 1. The van der Waals surface area contributed by atoms with Crippen molar-refractivity contribution >= 4 is 11.9 Å². The molecule has 3 N–H and O–H groups in total. The van der Waals surface area contributed by atoms with Crippen molar-refractivity contribution in [2.24, 2.45) is 5.92 Å². The number of esters is 1. The van der Waals surface area contributed by atoms with Crippen LogP contribution in [0.3, 0.4) is 0 Å². The van der Waals surface area contributed by atoms with Crippen LogP contribution in [0.25, 0.3) is 0 Å². The molecular formula is C25H42O6. The molecule has 0 saturated carbocycles. The van der Waals surface area contributed by atoms with E-state index in [-0.39, 0.29) is 24.7 Å². The second-order valence-electron chi connectivity index (χ2n) is 9.56. The zero-order chi connectivity index (χ0) is 23.4. The monoisotopic (exact) mass is 438 g/mol. The number of hydrogen-bond donors (Lipinski definition) is 3. The summed E-state index contributed by atoms with van der Waals surface area (Å²) in [6, 6.07) is 0. The quantitative estimate of drug-likeness (QED) is 0.202. The van der Waals surface area contributed by atoms with Gasteiger partial charge in [-0.15, -0.1) is 0 Å². The topological polar surface area (TPSA) is 104 Å². The molecule has 0 fully saturated rings. The molecule has 0 aliphatic heterocycles. The van der Waals surface area contributed by atoms with Crippen molar-refractivity contribution in [3.63, 3.8) is 0 Å². The molecule has 1 rings (SSSR count). The SMILES string of the molecule is CCCCC[C@H](O)/C=C/[C@@H]1C(CCCCCCC(=O)O)=C(C(=O)OC(C)(C)C)C[C@H]1O. The lowest BCUT2D eigenvalue weighted by Crippen LogP contribution is -2.25. The van der Waals surface area contributed by atoms with Crippen LogP contribution in [-0.2, 0) is 14.3 Å². The average Bonchev–Trinajstić information content (AvgIpc) is 2.97. The first-order valence-corrected chi connectivity index (χ1v) is 11.8. The van der Waals surface area contributed by atoms with E-state index in [1.54, 1.807) is 6.08 Å². The number of carbonyl (C=O) groups is 2. The molecule has 0 unspecified atom stereocenters. The highest BCUT2D eigenvalue weighted by Gasteiger charge is 2.36. The van der Waals surface area contributed by atoms with E-state index in [0.717, 1.165) is 44.1 Å². The van der Waals surface area contributed by atoms with E-state index < -0.39 is 23.8 Å². The largest absolute Gasteiger partial charge is 0.481 e. The predicted molar refractivity (Wildman–Crippen MR) is 122 cm³/mol. The maximum absolute atomic E-state index is 12.8. The highest BCUT2D eigenvalue weighted by molar-refractivity contribution is 5.90. The van der Waals surface area contributed by atoms with E-state index in [1.165, 1.54) is 0 Å². The number of unbranched alkanes of at least 4 members (excludes halogenated alkanes) is 5. The Balaban J connectivity index is 2.86. The molecule has 1 aliphatic carbocycles. The molecule has 0 amide bonds. The van der Waals surface area contributed by atoms with Crippen molar-refractivity contribution in [1.82, 2.24) is 0 Å². The molecular weight excluding hydrogens is 396 g/mol. The van der Waals surface area contributed by atoms with Gasteiger partial charge in [-0.3, -0.25) is 4.79 Å². The van der Waals surface area contributed by atoms with E-state index in [9.17, 15) is 19.8 Å². The summed E-state index contributed by atoms with van der Waals surface area (Å²) >= 11 is 0. The molecule has 178 valence electrons. The van der Waals surface area contributed by atoms with Crippen LogP contribution in [0.5, 0.6) is 0 Å². The minimum Gasteiger partial charge on any atom is -0.481 e. The normalized spacial score (nSPS) is 20.5. The van der Waals surface area contributed by atoms with Gasteiger partial charge in [0.1, 0.15) is 5.60 Å². The summed E-state index contributed by atoms with van der Waals surface area (Å²) in [5.41, 5.74) is 0.820. The van der Waals surface area contributed by atoms with Gasteiger partial charge in [-0.25, -0.2) is 4.79 Å². The second-order valence-corrected chi connectivity index (χ2v) is 9.56. The fraction of sp³-hybridized carbons (Fsp3) is 0.760. The highest BCUT2D eigenvalue weighted by Crippen LogP contribution is 2.38. The van der Waals surface area contributed by atoms with E-state index in [0.29, 0.717) is 24.8 Å². The predicted octanol–water partition coefficient (Wildman–Crippen LogP) is 4.93. The summed E-state index contributed by atoms with van der Waals surface area (Å²) in [4.78, 5) is 23.4. The van der Waals surface area contributed by atoms with Crippen molar-refractivity contribution in [2.45, 2.75) is 116 Å². The standard InChI is InChI=1S/C25H42O6/c1-5-6-9-12-18(26)15-16-20-19(13-10-7-8-11-14-23(28)29)21(17-22(20)27)24(30)31-25(2,3)4/h15-16,18,20,22,26-27H,5-14,17H2,1-4H3,(H,28,29)/b16-15+/t18-,20+,22+/m0/s1. The zero-order valence-electron chi connectivity index (χ0n) is 19.7. The number of ether oxygens (including phenoxy) is 1. The molecule has 3 atom stereocenters. The van der Waals surface area contributed by atoms with Crippen molar-refractivity contribution in [1.29, 1.82) is 0 Å². The third-order valence-electron chi connectivity index (χ3n) is 5.49. The van der Waals surface area contributed by atoms with E-state index >= 15 is 0 Å². The van der Waals surface area contributed by atoms with Gasteiger partial charge in [0.05, 0.1) is 12.2 Å². The van der Waals surface area contributed by atoms with Crippen LogP contribution in [0, 0.1) is 5.92 Å². The van der Waals surface area contributed by atoms with Crippen molar-refractivity contribution in [3.8, 4) is 0 Å². The number of carbonyl (C=O) groups excluding carboxylic acids is 1. The maximum Gasteiger partial charge on any atom is 0.334 e. The zero-order valence-corrected chi connectivity index (χ0v) is 19.7. The number of hydrogen-bond acceptors (Lipinski definition) is 5.